The average molecular weight is 226 g/mol. The maximum atomic E-state index is 5.97. The van der Waals surface area contributed by atoms with Gasteiger partial charge in [-0.05, 0) is 19.1 Å². The molecule has 1 saturated heterocycles. The van der Waals surface area contributed by atoms with Gasteiger partial charge in [0.2, 0.25) is 0 Å². The van der Waals surface area contributed by atoms with Crippen LogP contribution in [0.4, 0.5) is 0 Å². The highest BCUT2D eigenvalue weighted by Crippen LogP contribution is 2.16. The molecule has 0 atom stereocenters. The van der Waals surface area contributed by atoms with Crippen molar-refractivity contribution in [2.75, 3.05) is 13.2 Å². The van der Waals surface area contributed by atoms with E-state index in [0.29, 0.717) is 18.4 Å². The highest BCUT2D eigenvalue weighted by atomic mass is 35.5. The molecule has 15 heavy (non-hydrogen) atoms. The van der Waals surface area contributed by atoms with Crippen LogP contribution in [0.1, 0.15) is 11.3 Å². The Morgan fingerprint density at radius 1 is 1.40 bits per heavy atom. The van der Waals surface area contributed by atoms with Crippen molar-refractivity contribution in [3.05, 3.63) is 34.6 Å². The first kappa shape index (κ1) is 10.6. The van der Waals surface area contributed by atoms with Gasteiger partial charge in [-0.1, -0.05) is 23.7 Å². The molecule has 0 unspecified atom stereocenters. The molecule has 3 nitrogen and oxygen atoms in total. The van der Waals surface area contributed by atoms with Gasteiger partial charge in [0.15, 0.2) is 6.29 Å². The Balaban J connectivity index is 2.09. The van der Waals surface area contributed by atoms with Crippen LogP contribution >= 0.6 is 11.6 Å². The van der Waals surface area contributed by atoms with Crippen LogP contribution in [0.3, 0.4) is 0 Å². The minimum Gasteiger partial charge on any atom is -0.347 e. The summed E-state index contributed by atoms with van der Waals surface area (Å²) in [5.74, 6) is 0. The van der Waals surface area contributed by atoms with Gasteiger partial charge < -0.3 is 9.47 Å². The lowest BCUT2D eigenvalue weighted by atomic mass is 10.2. The van der Waals surface area contributed by atoms with Gasteiger partial charge in [0.05, 0.1) is 13.2 Å². The van der Waals surface area contributed by atoms with E-state index in [1.807, 2.05) is 31.2 Å². The van der Waals surface area contributed by atoms with Gasteiger partial charge in [0.1, 0.15) is 5.15 Å². The predicted molar refractivity (Wildman–Crippen MR) is 58.7 cm³/mol. The summed E-state index contributed by atoms with van der Waals surface area (Å²) in [7, 11) is 0. The molecule has 1 aromatic heterocycles. The Bertz CT molecular complexity index is 373. The molecule has 1 aliphatic rings. The van der Waals surface area contributed by atoms with Crippen molar-refractivity contribution in [3.63, 3.8) is 0 Å². The summed E-state index contributed by atoms with van der Waals surface area (Å²) in [5, 5.41) is 0.504. The zero-order valence-electron chi connectivity index (χ0n) is 8.44. The Morgan fingerprint density at radius 3 is 2.80 bits per heavy atom. The van der Waals surface area contributed by atoms with Crippen LogP contribution in [0.25, 0.3) is 6.08 Å². The molecule has 4 heteroatoms. The Hall–Kier alpha value is -0.900. The fraction of sp³-hybridized carbons (Fsp3) is 0.364. The van der Waals surface area contributed by atoms with Crippen molar-refractivity contribution in [1.82, 2.24) is 4.98 Å². The third-order valence-electron chi connectivity index (χ3n) is 2.10. The molecule has 0 spiro atoms. The number of aryl methyl sites for hydroxylation is 1. The summed E-state index contributed by atoms with van der Waals surface area (Å²) in [6, 6.07) is 3.85. The van der Waals surface area contributed by atoms with Crippen LogP contribution in [0, 0.1) is 6.92 Å². The Morgan fingerprint density at radius 2 is 2.13 bits per heavy atom. The molecule has 0 saturated carbocycles. The summed E-state index contributed by atoms with van der Waals surface area (Å²) in [6.45, 7) is 3.20. The van der Waals surface area contributed by atoms with Crippen molar-refractivity contribution < 1.29 is 9.47 Å². The number of ether oxygens (including phenoxy) is 2. The second-order valence-corrected chi connectivity index (χ2v) is 3.66. The van der Waals surface area contributed by atoms with E-state index in [-0.39, 0.29) is 6.29 Å². The van der Waals surface area contributed by atoms with Crippen LogP contribution in [-0.4, -0.2) is 24.5 Å². The van der Waals surface area contributed by atoms with Gasteiger partial charge in [-0.2, -0.15) is 0 Å². The molecule has 80 valence electrons. The number of pyridine rings is 1. The molecule has 1 fully saturated rings. The number of nitrogens with zero attached hydrogens (tertiary/aromatic N) is 1. The molecule has 0 bridgehead atoms. The van der Waals surface area contributed by atoms with Gasteiger partial charge in [-0.25, -0.2) is 4.98 Å². The fourth-order valence-corrected chi connectivity index (χ4v) is 1.59. The summed E-state index contributed by atoms with van der Waals surface area (Å²) in [5.41, 5.74) is 1.78. The van der Waals surface area contributed by atoms with E-state index in [2.05, 4.69) is 4.98 Å². The quantitative estimate of drug-likeness (QED) is 0.725. The lowest BCUT2D eigenvalue weighted by Crippen LogP contribution is -2.01. The number of hydrogen-bond acceptors (Lipinski definition) is 3. The van der Waals surface area contributed by atoms with Crippen molar-refractivity contribution >= 4 is 17.7 Å². The van der Waals surface area contributed by atoms with E-state index in [1.54, 1.807) is 0 Å². The lowest BCUT2D eigenvalue weighted by molar-refractivity contribution is -0.000907. The van der Waals surface area contributed by atoms with Crippen molar-refractivity contribution in [1.29, 1.82) is 0 Å². The van der Waals surface area contributed by atoms with E-state index in [9.17, 15) is 0 Å². The lowest BCUT2D eigenvalue weighted by Gasteiger charge is -2.02. The number of hydrogen-bond donors (Lipinski definition) is 0. The largest absolute Gasteiger partial charge is 0.347 e. The molecule has 0 radical (unpaired) electrons. The molecular weight excluding hydrogens is 214 g/mol. The molecule has 2 heterocycles. The first-order valence-corrected chi connectivity index (χ1v) is 5.18. The second-order valence-electron chi connectivity index (χ2n) is 3.30. The topological polar surface area (TPSA) is 31.4 Å². The third kappa shape index (κ3) is 2.78. The molecular formula is C11H12ClNO2. The van der Waals surface area contributed by atoms with Gasteiger partial charge in [0.25, 0.3) is 0 Å². The number of halogens is 1. The van der Waals surface area contributed by atoms with E-state index in [0.717, 1.165) is 11.3 Å². The molecule has 0 aliphatic carbocycles. The van der Waals surface area contributed by atoms with Crippen LogP contribution in [0.5, 0.6) is 0 Å². The van der Waals surface area contributed by atoms with Crippen molar-refractivity contribution in [3.8, 4) is 0 Å². The zero-order valence-corrected chi connectivity index (χ0v) is 9.20. The second kappa shape index (κ2) is 4.75. The Labute approximate surface area is 93.7 Å². The van der Waals surface area contributed by atoms with Gasteiger partial charge >= 0.3 is 0 Å². The maximum Gasteiger partial charge on any atom is 0.177 e. The molecule has 0 amide bonds. The third-order valence-corrected chi connectivity index (χ3v) is 2.40. The van der Waals surface area contributed by atoms with Crippen LogP contribution in [0.2, 0.25) is 5.15 Å². The number of rotatable bonds is 2. The average Bonchev–Trinajstić information content (AvgIpc) is 2.69. The summed E-state index contributed by atoms with van der Waals surface area (Å²) in [4.78, 5) is 4.15. The van der Waals surface area contributed by atoms with Crippen LogP contribution in [-0.2, 0) is 9.47 Å². The minimum absolute atomic E-state index is 0.248. The molecule has 0 N–H and O–H groups in total. The maximum absolute atomic E-state index is 5.97. The van der Waals surface area contributed by atoms with E-state index >= 15 is 0 Å². The first-order chi connectivity index (χ1) is 7.25. The first-order valence-electron chi connectivity index (χ1n) is 4.80. The molecule has 2 rings (SSSR count). The van der Waals surface area contributed by atoms with Gasteiger partial charge in [-0.15, -0.1) is 0 Å². The van der Waals surface area contributed by atoms with Crippen LogP contribution < -0.4 is 0 Å². The van der Waals surface area contributed by atoms with E-state index < -0.39 is 0 Å². The highest BCUT2D eigenvalue weighted by molar-refractivity contribution is 6.30. The highest BCUT2D eigenvalue weighted by Gasteiger charge is 2.11. The molecule has 1 aliphatic heterocycles. The minimum atomic E-state index is -0.248. The van der Waals surface area contributed by atoms with Crippen LogP contribution in [0.15, 0.2) is 18.2 Å². The summed E-state index contributed by atoms with van der Waals surface area (Å²) < 4.78 is 10.5. The van der Waals surface area contributed by atoms with Gasteiger partial charge in [-0.3, -0.25) is 0 Å². The fourth-order valence-electron chi connectivity index (χ4n) is 1.33. The van der Waals surface area contributed by atoms with E-state index in [1.165, 1.54) is 0 Å². The molecule has 0 aromatic carbocycles. The van der Waals surface area contributed by atoms with Crippen molar-refractivity contribution in [2.24, 2.45) is 0 Å². The smallest absolute Gasteiger partial charge is 0.177 e. The molecule has 1 aromatic rings. The Kier molecular flexibility index (Phi) is 3.36. The number of aromatic nitrogens is 1. The normalized spacial score (nSPS) is 17.7. The summed E-state index contributed by atoms with van der Waals surface area (Å²) >= 11 is 5.97. The van der Waals surface area contributed by atoms with Gasteiger partial charge in [0, 0.05) is 11.3 Å². The standard InChI is InChI=1S/C11H12ClNO2/c1-8-2-3-9(11(12)13-8)4-5-10-14-6-7-15-10/h2-5,10H,6-7H2,1H3/b5-4+. The SMILES string of the molecule is Cc1ccc(/C=C/C2OCCO2)c(Cl)n1. The monoisotopic (exact) mass is 225 g/mol. The van der Waals surface area contributed by atoms with E-state index in [4.69, 9.17) is 21.1 Å². The summed E-state index contributed by atoms with van der Waals surface area (Å²) in [6.07, 6.45) is 3.46. The predicted octanol–water partition coefficient (Wildman–Crippen LogP) is 2.43. The zero-order chi connectivity index (χ0) is 10.7. The van der Waals surface area contributed by atoms with Crippen molar-refractivity contribution in [2.45, 2.75) is 13.2 Å².